The minimum atomic E-state index is -0.481. The minimum Gasteiger partial charge on any atom is -0.465 e. The number of aromatic amines is 1. The molecule has 0 aromatic carbocycles. The molecule has 1 aliphatic heterocycles. The van der Waals surface area contributed by atoms with Crippen molar-refractivity contribution in [1.29, 1.82) is 0 Å². The van der Waals surface area contributed by atoms with Crippen molar-refractivity contribution >= 4 is 17.6 Å². The molecule has 1 fully saturated rings. The molecule has 0 amide bonds. The summed E-state index contributed by atoms with van der Waals surface area (Å²) in [5, 5.41) is 6.67. The van der Waals surface area contributed by atoms with Gasteiger partial charge >= 0.3 is 5.97 Å². The maximum atomic E-state index is 11.6. The van der Waals surface area contributed by atoms with E-state index in [1.807, 2.05) is 4.90 Å². The van der Waals surface area contributed by atoms with Crippen LogP contribution in [0.5, 0.6) is 0 Å². The van der Waals surface area contributed by atoms with Gasteiger partial charge in [0.2, 0.25) is 0 Å². The van der Waals surface area contributed by atoms with Gasteiger partial charge in [0, 0.05) is 19.1 Å². The summed E-state index contributed by atoms with van der Waals surface area (Å²) in [4.78, 5) is 13.6. The van der Waals surface area contributed by atoms with E-state index in [2.05, 4.69) is 10.2 Å². The Labute approximate surface area is 99.1 Å². The second kappa shape index (κ2) is 4.62. The lowest BCUT2D eigenvalue weighted by Crippen LogP contribution is -2.43. The van der Waals surface area contributed by atoms with E-state index in [1.165, 1.54) is 7.11 Å². The fourth-order valence-electron chi connectivity index (χ4n) is 2.08. The normalized spacial score (nSPS) is 20.4. The summed E-state index contributed by atoms with van der Waals surface area (Å²) in [6.07, 6.45) is 1.97. The number of rotatable bonds is 2. The van der Waals surface area contributed by atoms with Gasteiger partial charge in [-0.15, -0.1) is 0 Å². The van der Waals surface area contributed by atoms with Gasteiger partial charge in [-0.3, -0.25) is 5.10 Å². The largest absolute Gasteiger partial charge is 0.465 e. The highest BCUT2D eigenvalue weighted by Gasteiger charge is 2.26. The van der Waals surface area contributed by atoms with Crippen molar-refractivity contribution in [3.8, 4) is 0 Å². The Hall–Kier alpha value is -1.76. The van der Waals surface area contributed by atoms with Crippen molar-refractivity contribution in [3.63, 3.8) is 0 Å². The summed E-state index contributed by atoms with van der Waals surface area (Å²) in [5.74, 6) is 0.279. The van der Waals surface area contributed by atoms with Gasteiger partial charge in [-0.25, -0.2) is 4.79 Å². The third kappa shape index (κ3) is 2.19. The molecule has 7 heteroatoms. The smallest absolute Gasteiger partial charge is 0.345 e. The van der Waals surface area contributed by atoms with Crippen LogP contribution in [0.15, 0.2) is 0 Å². The number of aromatic nitrogens is 2. The van der Waals surface area contributed by atoms with E-state index in [0.29, 0.717) is 17.9 Å². The van der Waals surface area contributed by atoms with Gasteiger partial charge in [0.15, 0.2) is 5.82 Å². The molecule has 0 saturated carbocycles. The Balaban J connectivity index is 2.28. The number of esters is 1. The first-order valence-electron chi connectivity index (χ1n) is 5.56. The van der Waals surface area contributed by atoms with Crippen LogP contribution in [0.2, 0.25) is 0 Å². The Morgan fingerprint density at radius 2 is 2.41 bits per heavy atom. The molecule has 2 heterocycles. The van der Waals surface area contributed by atoms with E-state index < -0.39 is 5.97 Å². The molecule has 1 aromatic heterocycles. The van der Waals surface area contributed by atoms with Crippen molar-refractivity contribution < 1.29 is 9.53 Å². The topological polar surface area (TPSA) is 110 Å². The van der Waals surface area contributed by atoms with Gasteiger partial charge in [0.1, 0.15) is 11.4 Å². The minimum absolute atomic E-state index is 0.104. The molecule has 0 aliphatic carbocycles. The van der Waals surface area contributed by atoms with Crippen LogP contribution in [0.4, 0.5) is 11.6 Å². The number of nitrogens with two attached hydrogens (primary N) is 2. The van der Waals surface area contributed by atoms with E-state index in [0.717, 1.165) is 19.4 Å². The molecule has 94 valence electrons. The monoisotopic (exact) mass is 239 g/mol. The van der Waals surface area contributed by atoms with Crippen molar-refractivity contribution in [2.24, 2.45) is 5.73 Å². The number of piperidine rings is 1. The van der Waals surface area contributed by atoms with Crippen LogP contribution in [-0.4, -0.2) is 42.4 Å². The van der Waals surface area contributed by atoms with Crippen molar-refractivity contribution in [2.75, 3.05) is 30.8 Å². The molecule has 1 atom stereocenters. The van der Waals surface area contributed by atoms with Crippen LogP contribution in [-0.2, 0) is 4.74 Å². The molecule has 5 N–H and O–H groups in total. The van der Waals surface area contributed by atoms with Crippen LogP contribution in [0.1, 0.15) is 23.2 Å². The molecule has 0 radical (unpaired) electrons. The third-order valence-corrected chi connectivity index (χ3v) is 2.92. The van der Waals surface area contributed by atoms with Crippen LogP contribution in [0.25, 0.3) is 0 Å². The quantitative estimate of drug-likeness (QED) is 0.611. The zero-order chi connectivity index (χ0) is 12.4. The average Bonchev–Trinajstić information content (AvgIpc) is 2.70. The summed E-state index contributed by atoms with van der Waals surface area (Å²) in [5.41, 5.74) is 11.9. The Bertz CT molecular complexity index is 417. The number of nitrogens with zero attached hydrogens (tertiary/aromatic N) is 2. The zero-order valence-corrected chi connectivity index (χ0v) is 9.77. The molecule has 1 saturated heterocycles. The fraction of sp³-hybridized carbons (Fsp3) is 0.600. The number of methoxy groups -OCH3 is 1. The number of carbonyl (C=O) groups is 1. The molecule has 2 rings (SSSR count). The Morgan fingerprint density at radius 1 is 1.65 bits per heavy atom. The van der Waals surface area contributed by atoms with Crippen LogP contribution >= 0.6 is 0 Å². The van der Waals surface area contributed by atoms with E-state index in [4.69, 9.17) is 16.2 Å². The Kier molecular flexibility index (Phi) is 3.19. The maximum Gasteiger partial charge on any atom is 0.345 e. The molecule has 1 aromatic rings. The molecule has 1 unspecified atom stereocenters. The fourth-order valence-corrected chi connectivity index (χ4v) is 2.08. The van der Waals surface area contributed by atoms with Gasteiger partial charge in [0.05, 0.1) is 7.11 Å². The predicted molar refractivity (Wildman–Crippen MR) is 63.8 cm³/mol. The molecule has 17 heavy (non-hydrogen) atoms. The standard InChI is InChI=1S/C10H17N5O2/c1-17-10(16)7-8(12)13-14-9(7)15-4-2-3-6(11)5-15/h6H,2-5,11H2,1H3,(H3,12,13,14). The van der Waals surface area contributed by atoms with Gasteiger partial charge in [-0.05, 0) is 12.8 Å². The maximum absolute atomic E-state index is 11.6. The van der Waals surface area contributed by atoms with Gasteiger partial charge in [-0.2, -0.15) is 5.10 Å². The molecule has 7 nitrogen and oxygen atoms in total. The second-order valence-electron chi connectivity index (χ2n) is 4.18. The summed E-state index contributed by atoms with van der Waals surface area (Å²) < 4.78 is 4.70. The third-order valence-electron chi connectivity index (χ3n) is 2.92. The van der Waals surface area contributed by atoms with Crippen molar-refractivity contribution in [1.82, 2.24) is 10.2 Å². The SMILES string of the molecule is COC(=O)c1c(N2CCCC(N)C2)n[nH]c1N. The number of hydrogen-bond acceptors (Lipinski definition) is 6. The Morgan fingerprint density at radius 3 is 3.06 bits per heavy atom. The highest BCUT2D eigenvalue weighted by molar-refractivity contribution is 5.99. The highest BCUT2D eigenvalue weighted by atomic mass is 16.5. The molecular weight excluding hydrogens is 222 g/mol. The number of ether oxygens (including phenoxy) is 1. The predicted octanol–water partition coefficient (Wildman–Crippen LogP) is -0.294. The lowest BCUT2D eigenvalue weighted by molar-refractivity contribution is 0.0602. The summed E-state index contributed by atoms with van der Waals surface area (Å²) in [7, 11) is 1.32. The summed E-state index contributed by atoms with van der Waals surface area (Å²) in [6.45, 7) is 1.50. The van der Waals surface area contributed by atoms with Gasteiger partial charge in [0.25, 0.3) is 0 Å². The molecule has 1 aliphatic rings. The first-order valence-corrected chi connectivity index (χ1v) is 5.56. The second-order valence-corrected chi connectivity index (χ2v) is 4.18. The highest BCUT2D eigenvalue weighted by Crippen LogP contribution is 2.25. The summed E-state index contributed by atoms with van der Waals surface area (Å²) >= 11 is 0. The summed E-state index contributed by atoms with van der Waals surface area (Å²) in [6, 6.07) is 0.104. The first kappa shape index (κ1) is 11.7. The van der Waals surface area contributed by atoms with Gasteiger partial charge < -0.3 is 21.1 Å². The van der Waals surface area contributed by atoms with E-state index in [-0.39, 0.29) is 11.9 Å². The average molecular weight is 239 g/mol. The lowest BCUT2D eigenvalue weighted by atomic mass is 10.1. The van der Waals surface area contributed by atoms with Crippen LogP contribution < -0.4 is 16.4 Å². The van der Waals surface area contributed by atoms with Crippen LogP contribution in [0, 0.1) is 0 Å². The number of hydrogen-bond donors (Lipinski definition) is 3. The lowest BCUT2D eigenvalue weighted by Gasteiger charge is -2.31. The number of H-pyrrole nitrogens is 1. The van der Waals surface area contributed by atoms with Crippen molar-refractivity contribution in [3.05, 3.63) is 5.56 Å². The first-order chi connectivity index (χ1) is 8.13. The number of nitrogens with one attached hydrogen (secondary N) is 1. The molecule has 0 spiro atoms. The number of nitrogen functional groups attached to an aromatic ring is 1. The molecular formula is C10H17N5O2. The zero-order valence-electron chi connectivity index (χ0n) is 9.77. The van der Waals surface area contributed by atoms with E-state index in [9.17, 15) is 4.79 Å². The van der Waals surface area contributed by atoms with E-state index >= 15 is 0 Å². The number of anilines is 2. The van der Waals surface area contributed by atoms with Crippen LogP contribution in [0.3, 0.4) is 0 Å². The number of carbonyl (C=O) groups excluding carboxylic acids is 1. The van der Waals surface area contributed by atoms with Crippen molar-refractivity contribution in [2.45, 2.75) is 18.9 Å². The molecule has 0 bridgehead atoms. The van der Waals surface area contributed by atoms with E-state index in [1.54, 1.807) is 0 Å². The van der Waals surface area contributed by atoms with Gasteiger partial charge in [-0.1, -0.05) is 0 Å².